The van der Waals surface area contributed by atoms with Crippen LogP contribution >= 0.6 is 0 Å². The topological polar surface area (TPSA) is 93.5 Å². The smallest absolute Gasteiger partial charge is 0.410 e. The first kappa shape index (κ1) is 23.1. The van der Waals surface area contributed by atoms with Crippen molar-refractivity contribution in [3.63, 3.8) is 0 Å². The highest BCUT2D eigenvalue weighted by Gasteiger charge is 2.26. The zero-order valence-electron chi connectivity index (χ0n) is 19.4. The highest BCUT2D eigenvalue weighted by molar-refractivity contribution is 7.90. The number of hydrogen-bond donors (Lipinski definition) is 1. The van der Waals surface area contributed by atoms with Crippen LogP contribution in [-0.4, -0.2) is 60.0 Å². The Labute approximate surface area is 194 Å². The highest BCUT2D eigenvalue weighted by Crippen LogP contribution is 2.24. The molecule has 2 aromatic heterocycles. The minimum atomic E-state index is -3.25. The van der Waals surface area contributed by atoms with Gasteiger partial charge in [-0.15, -0.1) is 0 Å². The number of carbonyl (C=O) groups excluding carboxylic acids is 1. The summed E-state index contributed by atoms with van der Waals surface area (Å²) < 4.78 is 31.0. The number of pyridine rings is 1. The number of rotatable bonds is 4. The summed E-state index contributed by atoms with van der Waals surface area (Å²) in [5, 5.41) is 4.35. The van der Waals surface area contributed by atoms with Gasteiger partial charge in [-0.2, -0.15) is 0 Å². The van der Waals surface area contributed by atoms with Crippen LogP contribution in [0, 0.1) is 0 Å². The lowest BCUT2D eigenvalue weighted by Crippen LogP contribution is -2.44. The first-order chi connectivity index (χ1) is 15.5. The fourth-order valence-electron chi connectivity index (χ4n) is 3.93. The van der Waals surface area contributed by atoms with Gasteiger partial charge >= 0.3 is 6.09 Å². The van der Waals surface area contributed by atoms with Gasteiger partial charge in [-0.25, -0.2) is 18.2 Å². The Morgan fingerprint density at radius 3 is 2.45 bits per heavy atom. The van der Waals surface area contributed by atoms with Crippen molar-refractivity contribution in [2.24, 2.45) is 0 Å². The fourth-order valence-corrected chi connectivity index (χ4v) is 4.59. The molecule has 0 atom stereocenters. The minimum absolute atomic E-state index is 0.255. The predicted octanol–water partition coefficient (Wildman–Crippen LogP) is 4.24. The molecule has 1 aliphatic heterocycles. The largest absolute Gasteiger partial charge is 0.444 e. The maximum atomic E-state index is 12.2. The quantitative estimate of drug-likeness (QED) is 0.613. The highest BCUT2D eigenvalue weighted by atomic mass is 32.2. The molecule has 0 unspecified atom stereocenters. The number of piperidine rings is 1. The van der Waals surface area contributed by atoms with E-state index in [0.717, 1.165) is 35.2 Å². The summed E-state index contributed by atoms with van der Waals surface area (Å²) in [4.78, 5) is 18.9. The van der Waals surface area contributed by atoms with Crippen LogP contribution in [0.2, 0.25) is 0 Å². The molecule has 8 nitrogen and oxygen atoms in total. The number of carbonyl (C=O) groups is 1. The Bertz CT molecular complexity index is 1250. The van der Waals surface area contributed by atoms with Crippen molar-refractivity contribution < 1.29 is 17.9 Å². The molecule has 0 saturated carbocycles. The van der Waals surface area contributed by atoms with E-state index in [9.17, 15) is 13.2 Å². The summed E-state index contributed by atoms with van der Waals surface area (Å²) in [5.41, 5.74) is 1.33. The molecule has 176 valence electrons. The molecular formula is C24H30N4O4S. The number of amides is 1. The zero-order valence-corrected chi connectivity index (χ0v) is 20.2. The molecule has 0 spiro atoms. The lowest BCUT2D eigenvalue weighted by molar-refractivity contribution is 0.0210. The van der Waals surface area contributed by atoms with Crippen molar-refractivity contribution in [3.05, 3.63) is 48.8 Å². The summed E-state index contributed by atoms with van der Waals surface area (Å²) in [6.45, 7) is 6.93. The third-order valence-corrected chi connectivity index (χ3v) is 6.71. The molecule has 3 aromatic rings. The predicted molar refractivity (Wildman–Crippen MR) is 129 cm³/mol. The maximum Gasteiger partial charge on any atom is 0.410 e. The molecule has 9 heteroatoms. The lowest BCUT2D eigenvalue weighted by atomic mass is 10.1. The monoisotopic (exact) mass is 470 g/mol. The standard InChI is InChI=1S/C24H30N4O4S/c1-24(2,3)32-23(29)27-12-10-18(11-13-27)26-19-5-8-22(25-16-19)28-14-9-17-15-20(33(4,30)31)6-7-21(17)28/h5-9,14-16,18,26H,10-13H2,1-4H3. The van der Waals surface area contributed by atoms with Crippen LogP contribution in [0.3, 0.4) is 0 Å². The maximum absolute atomic E-state index is 12.2. The molecule has 0 aliphatic carbocycles. The van der Waals surface area contributed by atoms with Gasteiger partial charge < -0.3 is 19.5 Å². The number of nitrogens with zero attached hydrogens (tertiary/aromatic N) is 3. The van der Waals surface area contributed by atoms with Crippen LogP contribution in [0.4, 0.5) is 10.5 Å². The number of sulfone groups is 1. The molecule has 0 radical (unpaired) electrons. The van der Waals surface area contributed by atoms with Crippen LogP contribution in [0.25, 0.3) is 16.7 Å². The van der Waals surface area contributed by atoms with Gasteiger partial charge in [-0.3, -0.25) is 0 Å². The molecule has 0 bridgehead atoms. The normalized spacial score (nSPS) is 15.6. The third-order valence-electron chi connectivity index (χ3n) is 5.60. The number of nitrogens with one attached hydrogen (secondary N) is 1. The number of ether oxygens (including phenoxy) is 1. The summed E-state index contributed by atoms with van der Waals surface area (Å²) >= 11 is 0. The molecule has 4 rings (SSSR count). The first-order valence-electron chi connectivity index (χ1n) is 11.0. The summed E-state index contributed by atoms with van der Waals surface area (Å²) in [6, 6.07) is 11.2. The second-order valence-electron chi connectivity index (χ2n) is 9.47. The Morgan fingerprint density at radius 2 is 1.85 bits per heavy atom. The van der Waals surface area contributed by atoms with E-state index in [-0.39, 0.29) is 12.1 Å². The molecule has 33 heavy (non-hydrogen) atoms. The molecule has 1 aromatic carbocycles. The van der Waals surface area contributed by atoms with E-state index in [1.54, 1.807) is 29.3 Å². The number of benzene rings is 1. The summed E-state index contributed by atoms with van der Waals surface area (Å²) in [6.07, 6.45) is 6.32. The van der Waals surface area contributed by atoms with Crippen LogP contribution in [0.5, 0.6) is 0 Å². The van der Waals surface area contributed by atoms with Crippen molar-refractivity contribution in [1.82, 2.24) is 14.5 Å². The Kier molecular flexibility index (Phi) is 6.09. The number of hydrogen-bond acceptors (Lipinski definition) is 6. The van der Waals surface area contributed by atoms with E-state index in [1.807, 2.05) is 49.7 Å². The van der Waals surface area contributed by atoms with Gasteiger partial charge in [0, 0.05) is 37.0 Å². The van der Waals surface area contributed by atoms with Crippen molar-refractivity contribution >= 4 is 32.5 Å². The molecule has 1 amide bonds. The molecule has 1 fully saturated rings. The molecule has 1 N–H and O–H groups in total. The van der Waals surface area contributed by atoms with Gasteiger partial charge in [-0.1, -0.05) is 0 Å². The van der Waals surface area contributed by atoms with Gasteiger partial charge in [0.25, 0.3) is 0 Å². The van der Waals surface area contributed by atoms with Crippen molar-refractivity contribution in [1.29, 1.82) is 0 Å². The average Bonchev–Trinajstić information content (AvgIpc) is 3.16. The molecule has 3 heterocycles. The minimum Gasteiger partial charge on any atom is -0.444 e. The van der Waals surface area contributed by atoms with E-state index in [0.29, 0.717) is 18.0 Å². The number of aromatic nitrogens is 2. The van der Waals surface area contributed by atoms with Gasteiger partial charge in [0.1, 0.15) is 11.4 Å². The van der Waals surface area contributed by atoms with Crippen LogP contribution < -0.4 is 5.32 Å². The Hall–Kier alpha value is -3.07. The summed E-state index contributed by atoms with van der Waals surface area (Å²) in [7, 11) is -3.25. The second kappa shape index (κ2) is 8.70. The van der Waals surface area contributed by atoms with E-state index in [2.05, 4.69) is 10.3 Å². The van der Waals surface area contributed by atoms with Gasteiger partial charge in [0.2, 0.25) is 0 Å². The van der Waals surface area contributed by atoms with Crippen LogP contribution in [0.1, 0.15) is 33.6 Å². The van der Waals surface area contributed by atoms with E-state index < -0.39 is 15.4 Å². The molecular weight excluding hydrogens is 440 g/mol. The first-order valence-corrected chi connectivity index (χ1v) is 12.9. The zero-order chi connectivity index (χ0) is 23.8. The Balaban J connectivity index is 1.39. The van der Waals surface area contributed by atoms with Crippen LogP contribution in [-0.2, 0) is 14.6 Å². The average molecular weight is 471 g/mol. The summed E-state index contributed by atoms with van der Waals surface area (Å²) in [5.74, 6) is 0.752. The lowest BCUT2D eigenvalue weighted by Gasteiger charge is -2.34. The van der Waals surface area contributed by atoms with Gasteiger partial charge in [0.05, 0.1) is 22.3 Å². The number of anilines is 1. The van der Waals surface area contributed by atoms with Gasteiger partial charge in [0.15, 0.2) is 9.84 Å². The fraction of sp³-hybridized carbons (Fsp3) is 0.417. The van der Waals surface area contributed by atoms with E-state index in [1.165, 1.54) is 6.26 Å². The van der Waals surface area contributed by atoms with Crippen molar-refractivity contribution in [2.75, 3.05) is 24.7 Å². The van der Waals surface area contributed by atoms with E-state index in [4.69, 9.17) is 4.74 Å². The van der Waals surface area contributed by atoms with Crippen molar-refractivity contribution in [3.8, 4) is 5.82 Å². The number of fused-ring (bicyclic) bond motifs is 1. The molecule has 1 aliphatic rings. The molecule has 1 saturated heterocycles. The SMILES string of the molecule is CC(C)(C)OC(=O)N1CCC(Nc2ccc(-n3ccc4cc(S(C)(=O)=O)ccc43)nc2)CC1. The third kappa shape index (κ3) is 5.47. The second-order valence-corrected chi connectivity index (χ2v) is 11.5. The van der Waals surface area contributed by atoms with Crippen molar-refractivity contribution in [2.45, 2.75) is 50.2 Å². The van der Waals surface area contributed by atoms with Crippen LogP contribution in [0.15, 0.2) is 53.7 Å². The Morgan fingerprint density at radius 1 is 1.12 bits per heavy atom. The van der Waals surface area contributed by atoms with E-state index >= 15 is 0 Å². The van der Waals surface area contributed by atoms with Gasteiger partial charge in [-0.05, 0) is 70.0 Å². The number of likely N-dealkylation sites (tertiary alicyclic amines) is 1.